The van der Waals surface area contributed by atoms with Crippen LogP contribution in [0.5, 0.6) is 0 Å². The van der Waals surface area contributed by atoms with Crippen molar-refractivity contribution in [3.05, 3.63) is 35.9 Å². The van der Waals surface area contributed by atoms with E-state index >= 15 is 0 Å². The van der Waals surface area contributed by atoms with Crippen LogP contribution in [0.2, 0.25) is 0 Å². The molecule has 1 aromatic carbocycles. The molecule has 0 unspecified atom stereocenters. The van der Waals surface area contributed by atoms with E-state index in [-0.39, 0.29) is 0 Å². The fourth-order valence-electron chi connectivity index (χ4n) is 1.68. The molecule has 0 amide bonds. The summed E-state index contributed by atoms with van der Waals surface area (Å²) in [6, 6.07) is 11.3. The van der Waals surface area contributed by atoms with Crippen LogP contribution in [0.15, 0.2) is 30.3 Å². The normalized spacial score (nSPS) is 14.9. The van der Waals surface area contributed by atoms with Crippen LogP contribution >= 0.6 is 0 Å². The van der Waals surface area contributed by atoms with Crippen molar-refractivity contribution in [3.63, 3.8) is 0 Å². The highest BCUT2D eigenvalue weighted by molar-refractivity contribution is 5.18. The Labute approximate surface area is 92.6 Å². The van der Waals surface area contributed by atoms with Gasteiger partial charge in [0.15, 0.2) is 0 Å². The molecule has 0 spiro atoms. The topological polar surface area (TPSA) is 21.3 Å². The van der Waals surface area contributed by atoms with Crippen molar-refractivity contribution < 1.29 is 4.74 Å². The zero-order valence-corrected chi connectivity index (χ0v) is 9.86. The molecule has 0 bridgehead atoms. The third kappa shape index (κ3) is 4.02. The summed E-state index contributed by atoms with van der Waals surface area (Å²) < 4.78 is 5.17. The van der Waals surface area contributed by atoms with Gasteiger partial charge in [-0.3, -0.25) is 0 Å². The first-order valence-corrected chi connectivity index (χ1v) is 5.57. The van der Waals surface area contributed by atoms with Gasteiger partial charge in [-0.15, -0.1) is 0 Å². The number of nitrogens with one attached hydrogen (secondary N) is 1. The quantitative estimate of drug-likeness (QED) is 0.774. The Morgan fingerprint density at radius 2 is 1.93 bits per heavy atom. The van der Waals surface area contributed by atoms with Crippen LogP contribution < -0.4 is 5.32 Å². The van der Waals surface area contributed by atoms with Crippen LogP contribution in [0.3, 0.4) is 0 Å². The van der Waals surface area contributed by atoms with E-state index in [0.717, 1.165) is 13.0 Å². The van der Waals surface area contributed by atoms with Gasteiger partial charge in [0.25, 0.3) is 0 Å². The van der Waals surface area contributed by atoms with Gasteiger partial charge in [0.1, 0.15) is 0 Å². The summed E-state index contributed by atoms with van der Waals surface area (Å²) >= 11 is 0. The molecule has 2 nitrogen and oxygen atoms in total. The lowest BCUT2D eigenvalue weighted by Gasteiger charge is -2.21. The summed E-state index contributed by atoms with van der Waals surface area (Å²) in [5.41, 5.74) is 1.33. The van der Waals surface area contributed by atoms with Gasteiger partial charge in [0.05, 0.1) is 6.61 Å². The summed E-state index contributed by atoms with van der Waals surface area (Å²) in [7, 11) is 1.75. The maximum atomic E-state index is 5.17. The van der Waals surface area contributed by atoms with Crippen molar-refractivity contribution in [1.82, 2.24) is 5.32 Å². The average molecular weight is 207 g/mol. The van der Waals surface area contributed by atoms with Gasteiger partial charge in [-0.2, -0.15) is 0 Å². The average Bonchev–Trinajstić information content (AvgIpc) is 2.29. The highest BCUT2D eigenvalue weighted by Crippen LogP contribution is 2.12. The maximum Gasteiger partial charge on any atom is 0.0615 e. The lowest BCUT2D eigenvalue weighted by atomic mass is 10.1. The van der Waals surface area contributed by atoms with Crippen LogP contribution in [-0.2, 0) is 4.74 Å². The lowest BCUT2D eigenvalue weighted by Crippen LogP contribution is -2.34. The van der Waals surface area contributed by atoms with E-state index in [0.29, 0.717) is 12.1 Å². The van der Waals surface area contributed by atoms with Crippen molar-refractivity contribution >= 4 is 0 Å². The van der Waals surface area contributed by atoms with E-state index in [2.05, 4.69) is 43.4 Å². The Morgan fingerprint density at radius 3 is 2.47 bits per heavy atom. The fraction of sp³-hybridized carbons (Fsp3) is 0.538. The molecule has 0 aliphatic carbocycles. The van der Waals surface area contributed by atoms with Crippen molar-refractivity contribution in [2.75, 3.05) is 13.7 Å². The molecular formula is C13H21NO. The molecule has 0 aromatic heterocycles. The van der Waals surface area contributed by atoms with E-state index in [1.54, 1.807) is 7.11 Å². The van der Waals surface area contributed by atoms with E-state index in [9.17, 15) is 0 Å². The summed E-state index contributed by atoms with van der Waals surface area (Å²) in [5, 5.41) is 3.56. The number of methoxy groups -OCH3 is 1. The van der Waals surface area contributed by atoms with E-state index < -0.39 is 0 Å². The Kier molecular flexibility index (Phi) is 5.37. The van der Waals surface area contributed by atoms with Crippen LogP contribution in [0, 0.1) is 0 Å². The zero-order chi connectivity index (χ0) is 11.1. The highest BCUT2D eigenvalue weighted by Gasteiger charge is 2.10. The first kappa shape index (κ1) is 12.2. The minimum atomic E-state index is 0.381. The second-order valence-corrected chi connectivity index (χ2v) is 3.86. The smallest absolute Gasteiger partial charge is 0.0615 e. The first-order chi connectivity index (χ1) is 7.27. The third-order valence-corrected chi connectivity index (χ3v) is 2.65. The van der Waals surface area contributed by atoms with Crippen LogP contribution in [0.1, 0.15) is 31.9 Å². The molecule has 0 fully saturated rings. The summed E-state index contributed by atoms with van der Waals surface area (Å²) in [6.07, 6.45) is 1.09. The van der Waals surface area contributed by atoms with Gasteiger partial charge >= 0.3 is 0 Å². The molecule has 0 saturated heterocycles. The molecule has 0 aliphatic rings. The third-order valence-electron chi connectivity index (χ3n) is 2.65. The molecule has 1 rings (SSSR count). The van der Waals surface area contributed by atoms with Crippen molar-refractivity contribution in [2.45, 2.75) is 32.4 Å². The van der Waals surface area contributed by atoms with E-state index in [1.165, 1.54) is 5.56 Å². The second kappa shape index (κ2) is 6.59. The molecular weight excluding hydrogens is 186 g/mol. The molecule has 2 heteroatoms. The van der Waals surface area contributed by atoms with E-state index in [1.807, 2.05) is 6.07 Å². The first-order valence-electron chi connectivity index (χ1n) is 5.57. The van der Waals surface area contributed by atoms with Crippen LogP contribution in [0.4, 0.5) is 0 Å². The molecule has 0 heterocycles. The number of benzene rings is 1. The number of rotatable bonds is 6. The number of ether oxygens (including phenoxy) is 1. The van der Waals surface area contributed by atoms with Crippen molar-refractivity contribution in [1.29, 1.82) is 0 Å². The molecule has 84 valence electrons. The highest BCUT2D eigenvalue weighted by atomic mass is 16.5. The molecule has 0 radical (unpaired) electrons. The SMILES string of the molecule is CC[C@@H](COC)N[C@H](C)c1ccccc1. The van der Waals surface area contributed by atoms with Gasteiger partial charge in [-0.05, 0) is 18.9 Å². The predicted molar refractivity (Wildman–Crippen MR) is 63.9 cm³/mol. The zero-order valence-electron chi connectivity index (χ0n) is 9.86. The van der Waals surface area contributed by atoms with Crippen LogP contribution in [-0.4, -0.2) is 19.8 Å². The molecule has 1 N–H and O–H groups in total. The Bertz CT molecular complexity index is 260. The molecule has 0 aliphatic heterocycles. The minimum Gasteiger partial charge on any atom is -0.383 e. The Balaban J connectivity index is 2.50. The molecule has 1 aromatic rings. The van der Waals surface area contributed by atoms with Gasteiger partial charge in [-0.25, -0.2) is 0 Å². The van der Waals surface area contributed by atoms with E-state index in [4.69, 9.17) is 4.74 Å². The fourth-order valence-corrected chi connectivity index (χ4v) is 1.68. The van der Waals surface area contributed by atoms with Gasteiger partial charge in [0.2, 0.25) is 0 Å². The van der Waals surface area contributed by atoms with Crippen molar-refractivity contribution in [2.24, 2.45) is 0 Å². The van der Waals surface area contributed by atoms with Crippen LogP contribution in [0.25, 0.3) is 0 Å². The van der Waals surface area contributed by atoms with Gasteiger partial charge < -0.3 is 10.1 Å². The minimum absolute atomic E-state index is 0.381. The summed E-state index contributed by atoms with van der Waals surface area (Å²) in [5.74, 6) is 0. The predicted octanol–water partition coefficient (Wildman–Crippen LogP) is 2.76. The molecule has 2 atom stereocenters. The van der Waals surface area contributed by atoms with Gasteiger partial charge in [-0.1, -0.05) is 37.3 Å². The second-order valence-electron chi connectivity index (χ2n) is 3.86. The molecule has 0 saturated carbocycles. The summed E-state index contributed by atoms with van der Waals surface area (Å²) in [6.45, 7) is 5.13. The lowest BCUT2D eigenvalue weighted by molar-refractivity contribution is 0.159. The van der Waals surface area contributed by atoms with Gasteiger partial charge in [0, 0.05) is 19.2 Å². The maximum absolute atomic E-state index is 5.17. The number of hydrogen-bond donors (Lipinski definition) is 1. The Morgan fingerprint density at radius 1 is 1.27 bits per heavy atom. The summed E-state index contributed by atoms with van der Waals surface area (Å²) in [4.78, 5) is 0. The Hall–Kier alpha value is -0.860. The van der Waals surface area contributed by atoms with Crippen molar-refractivity contribution in [3.8, 4) is 0 Å². The number of hydrogen-bond acceptors (Lipinski definition) is 2. The monoisotopic (exact) mass is 207 g/mol. The largest absolute Gasteiger partial charge is 0.383 e. The molecule has 15 heavy (non-hydrogen) atoms. The standard InChI is InChI=1S/C13H21NO/c1-4-13(10-15-3)14-11(2)12-8-6-5-7-9-12/h5-9,11,13-14H,4,10H2,1-3H3/t11-,13+/m1/s1.